The summed E-state index contributed by atoms with van der Waals surface area (Å²) in [7, 11) is 0. The number of fused-ring (bicyclic) bond motifs is 5. The molecule has 0 fully saturated rings. The van der Waals surface area contributed by atoms with E-state index >= 15 is 0 Å². The number of ether oxygens (including phenoxy) is 2. The van der Waals surface area contributed by atoms with Gasteiger partial charge in [-0.15, -0.1) is 0 Å². The number of nitrogens with one attached hydrogen (secondary N) is 1. The fourth-order valence-corrected chi connectivity index (χ4v) is 7.37. The highest BCUT2D eigenvalue weighted by Gasteiger charge is 2.52. The number of benzene rings is 2. The van der Waals surface area contributed by atoms with Gasteiger partial charge in [-0.3, -0.25) is 9.59 Å². The van der Waals surface area contributed by atoms with E-state index in [9.17, 15) is 24.4 Å². The molecule has 2 aromatic carbocycles. The standard InChI is InChI=1S/C38H38N4O7/c1-6-38(49-34(45)29(16-22-12-8-7-9-13-22)40-32(43)27-19-36(2,3)42(47)37(27,4)5)26-18-30-31-24(17-23-14-10-11-15-28(23)39-31)20-41(30)33(44)25(26)21-48-35(38)46/h7-15,17-19,29,47H,6,16,20-21H2,1-5H3,(H,40,43)/t29-,38-/m0/s1. The summed E-state index contributed by atoms with van der Waals surface area (Å²) in [5.74, 6) is -2.23. The van der Waals surface area contributed by atoms with Crippen LogP contribution < -0.4 is 10.9 Å². The summed E-state index contributed by atoms with van der Waals surface area (Å²) in [5.41, 5.74) is 0.0889. The van der Waals surface area contributed by atoms with Crippen LogP contribution in [0.4, 0.5) is 0 Å². The van der Waals surface area contributed by atoms with Crippen molar-refractivity contribution >= 4 is 28.7 Å². The zero-order valence-electron chi connectivity index (χ0n) is 28.1. The predicted octanol–water partition coefficient (Wildman–Crippen LogP) is 4.55. The number of hydroxylamine groups is 2. The van der Waals surface area contributed by atoms with Crippen molar-refractivity contribution in [2.24, 2.45) is 0 Å². The Kier molecular flexibility index (Phi) is 7.60. The van der Waals surface area contributed by atoms with E-state index in [0.29, 0.717) is 17.9 Å². The number of aromatic nitrogens is 2. The number of esters is 2. The molecule has 3 aliphatic heterocycles. The van der Waals surface area contributed by atoms with Crippen molar-refractivity contribution in [1.82, 2.24) is 19.9 Å². The van der Waals surface area contributed by atoms with Gasteiger partial charge in [0.25, 0.3) is 5.56 Å². The summed E-state index contributed by atoms with van der Waals surface area (Å²) in [5, 5.41) is 15.7. The maximum Gasteiger partial charge on any atom is 0.355 e. The fourth-order valence-electron chi connectivity index (χ4n) is 7.37. The second-order valence-corrected chi connectivity index (χ2v) is 14.0. The highest BCUT2D eigenvalue weighted by atomic mass is 16.6. The first kappa shape index (κ1) is 32.4. The molecule has 1 amide bonds. The van der Waals surface area contributed by atoms with Crippen LogP contribution in [0.1, 0.15) is 63.3 Å². The third-order valence-corrected chi connectivity index (χ3v) is 10.0. The van der Waals surface area contributed by atoms with Crippen LogP contribution in [0.15, 0.2) is 83.2 Å². The predicted molar refractivity (Wildman–Crippen MR) is 180 cm³/mol. The average molecular weight is 663 g/mol. The number of cyclic esters (lactones) is 1. The molecule has 0 spiro atoms. The Morgan fingerprint density at radius 2 is 1.76 bits per heavy atom. The summed E-state index contributed by atoms with van der Waals surface area (Å²) in [6.07, 6.45) is 1.70. The molecule has 2 atom stereocenters. The molecule has 0 radical (unpaired) electrons. The molecule has 252 valence electrons. The minimum Gasteiger partial charge on any atom is -0.457 e. The normalized spacial score (nSPS) is 20.9. The topological polar surface area (TPSA) is 140 Å². The number of amides is 1. The fraction of sp³-hybridized carbons (Fsp3) is 0.342. The zero-order chi connectivity index (χ0) is 34.9. The summed E-state index contributed by atoms with van der Waals surface area (Å²) in [6, 6.07) is 19.3. The lowest BCUT2D eigenvalue weighted by Crippen LogP contribution is -2.53. The minimum absolute atomic E-state index is 0.0245. The molecule has 5 heterocycles. The number of pyridine rings is 2. The van der Waals surface area contributed by atoms with E-state index < -0.39 is 40.6 Å². The van der Waals surface area contributed by atoms with E-state index in [1.165, 1.54) is 0 Å². The van der Waals surface area contributed by atoms with Gasteiger partial charge in [0.15, 0.2) is 0 Å². The highest BCUT2D eigenvalue weighted by Crippen LogP contribution is 2.42. The van der Waals surface area contributed by atoms with Crippen molar-refractivity contribution in [2.45, 2.75) is 83.3 Å². The van der Waals surface area contributed by atoms with Crippen molar-refractivity contribution in [3.63, 3.8) is 0 Å². The maximum atomic E-state index is 14.3. The van der Waals surface area contributed by atoms with Gasteiger partial charge in [0, 0.05) is 28.5 Å². The molecule has 0 aliphatic carbocycles. The molecule has 0 bridgehead atoms. The first-order valence-electron chi connectivity index (χ1n) is 16.4. The van der Waals surface area contributed by atoms with Gasteiger partial charge in [0.05, 0.1) is 40.1 Å². The van der Waals surface area contributed by atoms with Crippen LogP contribution in [0.2, 0.25) is 0 Å². The number of hydrogen-bond acceptors (Lipinski definition) is 9. The van der Waals surface area contributed by atoms with Crippen LogP contribution in [0.25, 0.3) is 22.3 Å². The van der Waals surface area contributed by atoms with Crippen LogP contribution in [-0.4, -0.2) is 54.8 Å². The molecular weight excluding hydrogens is 624 g/mol. The molecule has 0 saturated heterocycles. The summed E-state index contributed by atoms with van der Waals surface area (Å²) in [4.78, 5) is 60.7. The first-order chi connectivity index (χ1) is 23.3. The molecule has 2 aromatic heterocycles. The van der Waals surface area contributed by atoms with Crippen LogP contribution in [0.5, 0.6) is 0 Å². The molecule has 7 rings (SSSR count). The highest BCUT2D eigenvalue weighted by molar-refractivity contribution is 5.99. The van der Waals surface area contributed by atoms with Crippen LogP contribution in [-0.2, 0) is 49.0 Å². The lowest BCUT2D eigenvalue weighted by molar-refractivity contribution is -0.191. The van der Waals surface area contributed by atoms with Crippen molar-refractivity contribution in [3.05, 3.63) is 111 Å². The quantitative estimate of drug-likeness (QED) is 0.240. The number of nitrogens with zero attached hydrogens (tertiary/aromatic N) is 3. The number of carbonyl (C=O) groups is 3. The Morgan fingerprint density at radius 1 is 1.04 bits per heavy atom. The number of hydrogen-bond donors (Lipinski definition) is 2. The Hall–Kier alpha value is -5.13. The minimum atomic E-state index is -1.95. The SMILES string of the molecule is CC[C@@]1(OC(=O)[C@H](Cc2ccccc2)NC(=O)C2=CC(C)(C)N(O)C2(C)C)C(=O)OCc2c1cc1n(c2=O)Cc2cc3ccccc3nc2-1. The Morgan fingerprint density at radius 3 is 2.45 bits per heavy atom. The van der Waals surface area contributed by atoms with E-state index in [1.54, 1.807) is 51.3 Å². The van der Waals surface area contributed by atoms with E-state index in [1.807, 2.05) is 60.7 Å². The molecule has 4 aromatic rings. The van der Waals surface area contributed by atoms with Crippen molar-refractivity contribution in [3.8, 4) is 11.4 Å². The van der Waals surface area contributed by atoms with Crippen LogP contribution in [0.3, 0.4) is 0 Å². The molecule has 0 unspecified atom stereocenters. The third-order valence-electron chi connectivity index (χ3n) is 10.0. The van der Waals surface area contributed by atoms with Crippen molar-refractivity contribution < 1.29 is 29.1 Å². The molecular formula is C38H38N4O7. The molecule has 3 aliphatic rings. The van der Waals surface area contributed by atoms with E-state index in [2.05, 4.69) is 5.32 Å². The van der Waals surface area contributed by atoms with Gasteiger partial charge in [0.2, 0.25) is 11.5 Å². The van der Waals surface area contributed by atoms with E-state index in [4.69, 9.17) is 14.5 Å². The molecule has 11 nitrogen and oxygen atoms in total. The lowest BCUT2D eigenvalue weighted by Gasteiger charge is -2.37. The second kappa shape index (κ2) is 11.5. The van der Waals surface area contributed by atoms with Gasteiger partial charge in [-0.1, -0.05) is 61.5 Å². The smallest absolute Gasteiger partial charge is 0.355 e. The van der Waals surface area contributed by atoms with Gasteiger partial charge < -0.3 is 24.6 Å². The second-order valence-electron chi connectivity index (χ2n) is 14.0. The average Bonchev–Trinajstić information content (AvgIpc) is 3.52. The van der Waals surface area contributed by atoms with Gasteiger partial charge in [-0.05, 0) is 57.9 Å². The Balaban J connectivity index is 1.28. The maximum absolute atomic E-state index is 14.3. The van der Waals surface area contributed by atoms with Gasteiger partial charge in [0.1, 0.15) is 12.6 Å². The number of para-hydroxylation sites is 1. The van der Waals surface area contributed by atoms with Crippen molar-refractivity contribution in [1.29, 1.82) is 0 Å². The molecule has 2 N–H and O–H groups in total. The zero-order valence-corrected chi connectivity index (χ0v) is 28.1. The molecule has 0 saturated carbocycles. The van der Waals surface area contributed by atoms with E-state index in [0.717, 1.165) is 27.1 Å². The van der Waals surface area contributed by atoms with Gasteiger partial charge in [-0.25, -0.2) is 14.6 Å². The largest absolute Gasteiger partial charge is 0.457 e. The number of rotatable bonds is 7. The Bertz CT molecular complexity index is 2140. The summed E-state index contributed by atoms with van der Waals surface area (Å²) in [6.45, 7) is 8.70. The molecule has 49 heavy (non-hydrogen) atoms. The summed E-state index contributed by atoms with van der Waals surface area (Å²) >= 11 is 0. The lowest BCUT2D eigenvalue weighted by atomic mass is 9.85. The van der Waals surface area contributed by atoms with E-state index in [-0.39, 0.29) is 41.7 Å². The third kappa shape index (κ3) is 5.15. The Labute approximate surface area is 283 Å². The van der Waals surface area contributed by atoms with Crippen LogP contribution in [0, 0.1) is 0 Å². The van der Waals surface area contributed by atoms with Gasteiger partial charge >= 0.3 is 11.9 Å². The monoisotopic (exact) mass is 662 g/mol. The molecule has 11 heteroatoms. The van der Waals surface area contributed by atoms with Crippen LogP contribution >= 0.6 is 0 Å². The number of carbonyl (C=O) groups excluding carboxylic acids is 3. The summed E-state index contributed by atoms with van der Waals surface area (Å²) < 4.78 is 13.3. The van der Waals surface area contributed by atoms with Crippen molar-refractivity contribution in [2.75, 3.05) is 0 Å². The van der Waals surface area contributed by atoms with Gasteiger partial charge in [-0.2, -0.15) is 5.06 Å². The first-order valence-corrected chi connectivity index (χ1v) is 16.4.